The van der Waals surface area contributed by atoms with E-state index in [1.165, 1.54) is 23.5 Å². The lowest BCUT2D eigenvalue weighted by molar-refractivity contribution is 0.628. The number of benzene rings is 1. The Kier molecular flexibility index (Phi) is 4.86. The Morgan fingerprint density at radius 3 is 2.58 bits per heavy atom. The van der Waals surface area contributed by atoms with Crippen LogP contribution in [0.5, 0.6) is 0 Å². The van der Waals surface area contributed by atoms with Gasteiger partial charge in [-0.15, -0.1) is 11.3 Å². The van der Waals surface area contributed by atoms with E-state index in [1.54, 1.807) is 42.6 Å². The number of nitrogens with two attached hydrogens (primary N) is 1. The zero-order valence-electron chi connectivity index (χ0n) is 14.0. The van der Waals surface area contributed by atoms with Crippen molar-refractivity contribution in [2.24, 2.45) is 0 Å². The van der Waals surface area contributed by atoms with Crippen LogP contribution in [-0.4, -0.2) is 34.0 Å². The van der Waals surface area contributed by atoms with Crippen molar-refractivity contribution in [2.75, 3.05) is 24.7 Å². The molecule has 7 nitrogen and oxygen atoms in total. The third kappa shape index (κ3) is 3.81. The first-order chi connectivity index (χ1) is 12.5. The van der Waals surface area contributed by atoms with Crippen molar-refractivity contribution in [1.29, 1.82) is 5.26 Å². The molecule has 0 aliphatic carbocycles. The first-order valence-corrected chi connectivity index (χ1v) is 8.37. The number of hydrogen-bond acceptors (Lipinski definition) is 8. The van der Waals surface area contributed by atoms with Gasteiger partial charge in [0.15, 0.2) is 5.82 Å². The highest BCUT2D eigenvalue weighted by molar-refractivity contribution is 7.13. The van der Waals surface area contributed by atoms with Crippen LogP contribution in [0.4, 0.5) is 16.3 Å². The summed E-state index contributed by atoms with van der Waals surface area (Å²) in [4.78, 5) is 18.4. The number of allylic oxidation sites excluding steroid dienone is 1. The predicted octanol–water partition coefficient (Wildman–Crippen LogP) is 2.85. The molecule has 2 aromatic heterocycles. The van der Waals surface area contributed by atoms with Crippen molar-refractivity contribution < 1.29 is 4.39 Å². The second kappa shape index (κ2) is 7.25. The monoisotopic (exact) mass is 367 g/mol. The second-order valence-electron chi connectivity index (χ2n) is 5.47. The third-order valence-corrected chi connectivity index (χ3v) is 4.22. The van der Waals surface area contributed by atoms with Crippen molar-refractivity contribution >= 4 is 34.9 Å². The third-order valence-electron chi connectivity index (χ3n) is 3.31. The normalized spacial score (nSPS) is 11.2. The maximum Gasteiger partial charge on any atom is 0.230 e. The molecule has 2 heterocycles. The molecule has 0 unspecified atom stereocenters. The van der Waals surface area contributed by atoms with Gasteiger partial charge in [-0.1, -0.05) is 0 Å². The Bertz CT molecular complexity index is 1000. The molecule has 1 aromatic carbocycles. The van der Waals surface area contributed by atoms with Gasteiger partial charge in [-0.05, 0) is 30.3 Å². The van der Waals surface area contributed by atoms with E-state index >= 15 is 0 Å². The van der Waals surface area contributed by atoms with E-state index in [-0.39, 0.29) is 23.2 Å². The molecule has 3 rings (SSSR count). The molecule has 3 aromatic rings. The number of nitrogen functional groups attached to an aromatic ring is 1. The largest absolute Gasteiger partial charge is 0.368 e. The zero-order valence-corrected chi connectivity index (χ0v) is 14.8. The summed E-state index contributed by atoms with van der Waals surface area (Å²) in [5.74, 6) is 0.269. The van der Waals surface area contributed by atoms with Crippen LogP contribution in [0, 0.1) is 17.1 Å². The number of halogens is 1. The number of nitriles is 1. The quantitative estimate of drug-likeness (QED) is 0.707. The van der Waals surface area contributed by atoms with Crippen molar-refractivity contribution in [3.8, 4) is 16.6 Å². The SMILES string of the molecule is CN(C)c1nc(N)nc(C(C#N)=Cc2csc(-c3ccc(F)cc3)n2)n1. The van der Waals surface area contributed by atoms with E-state index < -0.39 is 0 Å². The Morgan fingerprint density at radius 2 is 1.92 bits per heavy atom. The molecule has 0 spiro atoms. The first kappa shape index (κ1) is 17.4. The number of nitrogens with zero attached hydrogens (tertiary/aromatic N) is 6. The summed E-state index contributed by atoms with van der Waals surface area (Å²) in [7, 11) is 3.54. The van der Waals surface area contributed by atoms with Gasteiger partial charge in [0.2, 0.25) is 11.9 Å². The molecule has 0 aliphatic heterocycles. The number of hydrogen-bond donors (Lipinski definition) is 1. The number of aromatic nitrogens is 4. The fourth-order valence-corrected chi connectivity index (χ4v) is 2.86. The first-order valence-electron chi connectivity index (χ1n) is 7.49. The Hall–Kier alpha value is -3.38. The molecule has 26 heavy (non-hydrogen) atoms. The molecule has 2 N–H and O–H groups in total. The molecule has 130 valence electrons. The van der Waals surface area contributed by atoms with Gasteiger partial charge in [-0.3, -0.25) is 0 Å². The second-order valence-corrected chi connectivity index (χ2v) is 6.32. The van der Waals surface area contributed by atoms with Gasteiger partial charge in [0.25, 0.3) is 0 Å². The maximum atomic E-state index is 13.0. The van der Waals surface area contributed by atoms with E-state index in [9.17, 15) is 9.65 Å². The van der Waals surface area contributed by atoms with Gasteiger partial charge in [-0.2, -0.15) is 20.2 Å². The molecule has 0 fully saturated rings. The van der Waals surface area contributed by atoms with Gasteiger partial charge in [0, 0.05) is 25.0 Å². The molecule has 0 aliphatic rings. The average Bonchev–Trinajstić information content (AvgIpc) is 3.08. The van der Waals surface area contributed by atoms with Gasteiger partial charge in [0.1, 0.15) is 16.9 Å². The molecule has 0 radical (unpaired) electrons. The maximum absolute atomic E-state index is 13.0. The zero-order chi connectivity index (χ0) is 18.7. The van der Waals surface area contributed by atoms with Crippen LogP contribution in [0.25, 0.3) is 22.2 Å². The summed E-state index contributed by atoms with van der Waals surface area (Å²) in [6, 6.07) is 8.13. The van der Waals surface area contributed by atoms with Gasteiger partial charge in [0.05, 0.1) is 11.3 Å². The number of rotatable bonds is 4. The lowest BCUT2D eigenvalue weighted by Crippen LogP contribution is -2.15. The molecule has 0 bridgehead atoms. The Balaban J connectivity index is 1.96. The van der Waals surface area contributed by atoms with Crippen LogP contribution in [0.3, 0.4) is 0 Å². The minimum atomic E-state index is -0.304. The molecular weight excluding hydrogens is 353 g/mol. The lowest BCUT2D eigenvalue weighted by Gasteiger charge is -2.10. The minimum Gasteiger partial charge on any atom is -0.368 e. The van der Waals surface area contributed by atoms with Gasteiger partial charge >= 0.3 is 0 Å². The van der Waals surface area contributed by atoms with E-state index in [0.717, 1.165) is 10.6 Å². The smallest absolute Gasteiger partial charge is 0.230 e. The molecule has 0 saturated carbocycles. The van der Waals surface area contributed by atoms with E-state index in [1.807, 2.05) is 0 Å². The fourth-order valence-electron chi connectivity index (χ4n) is 2.07. The Labute approximate surface area is 153 Å². The number of thiazole rings is 1. The molecule has 0 saturated heterocycles. The summed E-state index contributed by atoms with van der Waals surface area (Å²) in [6.45, 7) is 0. The highest BCUT2D eigenvalue weighted by Gasteiger charge is 2.12. The molecule has 9 heteroatoms. The van der Waals surface area contributed by atoms with Crippen LogP contribution in [-0.2, 0) is 0 Å². The number of anilines is 2. The van der Waals surface area contributed by atoms with E-state index in [4.69, 9.17) is 5.73 Å². The summed E-state index contributed by atoms with van der Waals surface area (Å²) in [6.07, 6.45) is 1.58. The van der Waals surface area contributed by atoms with Crippen LogP contribution in [0.15, 0.2) is 29.6 Å². The summed E-state index contributed by atoms with van der Waals surface area (Å²) >= 11 is 1.39. The van der Waals surface area contributed by atoms with Crippen LogP contribution >= 0.6 is 11.3 Å². The van der Waals surface area contributed by atoms with Gasteiger partial charge in [-0.25, -0.2) is 9.37 Å². The Morgan fingerprint density at radius 1 is 1.19 bits per heavy atom. The summed E-state index contributed by atoms with van der Waals surface area (Å²) < 4.78 is 13.0. The summed E-state index contributed by atoms with van der Waals surface area (Å²) in [5.41, 5.74) is 7.31. The fraction of sp³-hybridized carbons (Fsp3) is 0.118. The van der Waals surface area contributed by atoms with Crippen LogP contribution < -0.4 is 10.6 Å². The summed E-state index contributed by atoms with van der Waals surface area (Å²) in [5, 5.41) is 12.0. The minimum absolute atomic E-state index is 0.0325. The highest BCUT2D eigenvalue weighted by Crippen LogP contribution is 2.26. The highest BCUT2D eigenvalue weighted by atomic mass is 32.1. The van der Waals surface area contributed by atoms with Crippen molar-refractivity contribution in [2.45, 2.75) is 0 Å². The molecular formula is C17H14FN7S. The topological polar surface area (TPSA) is 105 Å². The predicted molar refractivity (Wildman–Crippen MR) is 99.6 cm³/mol. The van der Waals surface area contributed by atoms with Crippen molar-refractivity contribution in [3.63, 3.8) is 0 Å². The molecule has 0 amide bonds. The van der Waals surface area contributed by atoms with E-state index in [2.05, 4.69) is 26.0 Å². The van der Waals surface area contributed by atoms with Crippen molar-refractivity contribution in [3.05, 3.63) is 47.0 Å². The average molecular weight is 367 g/mol. The standard InChI is InChI=1S/C17H14FN7S/c1-25(2)17-23-14(22-16(20)24-17)11(8-19)7-13-9-26-15(21-13)10-3-5-12(18)6-4-10/h3-7,9H,1-2H3,(H2,20,22,23,24). The van der Waals surface area contributed by atoms with E-state index in [0.29, 0.717) is 11.6 Å². The van der Waals surface area contributed by atoms with Crippen LogP contribution in [0.1, 0.15) is 11.5 Å². The lowest BCUT2D eigenvalue weighted by atomic mass is 10.2. The van der Waals surface area contributed by atoms with Crippen molar-refractivity contribution in [1.82, 2.24) is 19.9 Å². The van der Waals surface area contributed by atoms with Crippen LogP contribution in [0.2, 0.25) is 0 Å². The molecule has 0 atom stereocenters. The van der Waals surface area contributed by atoms with Gasteiger partial charge < -0.3 is 10.6 Å².